The quantitative estimate of drug-likeness (QED) is 0.0808. The number of pyridine rings is 2. The summed E-state index contributed by atoms with van der Waals surface area (Å²) >= 11 is 0. The molecule has 21 rings (SSSR count). The molecule has 0 saturated carbocycles. The van der Waals surface area contributed by atoms with Gasteiger partial charge in [-0.3, -0.25) is 44.3 Å². The highest BCUT2D eigenvalue weighted by Gasteiger charge is 2.55. The van der Waals surface area contributed by atoms with E-state index in [1.54, 1.807) is 7.11 Å². The first-order valence-corrected chi connectivity index (χ1v) is 54.9. The highest BCUT2D eigenvalue weighted by molar-refractivity contribution is 5.47. The van der Waals surface area contributed by atoms with Gasteiger partial charge >= 0.3 is 0 Å². The van der Waals surface area contributed by atoms with E-state index in [-0.39, 0.29) is 91.9 Å². The van der Waals surface area contributed by atoms with Crippen LogP contribution in [-0.4, -0.2) is 182 Å². The molecule has 7 aromatic rings. The van der Waals surface area contributed by atoms with Crippen LogP contribution in [0.4, 0.5) is 0 Å². The number of nitrogens with two attached hydrogens (primary N) is 7. The lowest BCUT2D eigenvalue weighted by Crippen LogP contribution is -2.51. The van der Waals surface area contributed by atoms with E-state index in [1.807, 2.05) is 18.5 Å². The van der Waals surface area contributed by atoms with Gasteiger partial charge in [-0.05, 0) is 523 Å². The number of nitrogens with zero attached hydrogens (tertiary/aromatic N) is 9. The summed E-state index contributed by atoms with van der Waals surface area (Å²) in [6.07, 6.45) is 28.8. The summed E-state index contributed by atoms with van der Waals surface area (Å²) in [4.78, 5) is 27.3. The predicted molar refractivity (Wildman–Crippen MR) is 586 cm³/mol. The molecule has 14 aliphatic rings. The number of hydrogen-bond donors (Lipinski definition) is 7. The van der Waals surface area contributed by atoms with E-state index >= 15 is 0 Å². The highest BCUT2D eigenvalue weighted by atomic mass is 16.5. The molecule has 2 aromatic heterocycles. The Morgan fingerprint density at radius 2 is 0.457 bits per heavy atom. The first-order chi connectivity index (χ1) is 65.4. The molecule has 7 atom stereocenters. The van der Waals surface area contributed by atoms with Crippen LogP contribution >= 0.6 is 0 Å². The first-order valence-electron chi connectivity index (χ1n) is 54.9. The van der Waals surface area contributed by atoms with Gasteiger partial charge in [-0.2, -0.15) is 0 Å². The van der Waals surface area contributed by atoms with Crippen LogP contribution in [-0.2, 0) is 44.9 Å². The third-order valence-electron chi connectivity index (χ3n) is 38.3. The molecule has 0 radical (unpaired) electrons. The number of ether oxygens (including phenoxy) is 1. The first kappa shape index (κ1) is 108. The minimum Gasteiger partial charge on any atom is -0.495 e. The van der Waals surface area contributed by atoms with Crippen LogP contribution in [0.2, 0.25) is 0 Å². The molecular weight excluding hydrogens is 1720 g/mol. The van der Waals surface area contributed by atoms with Crippen LogP contribution < -0.4 is 44.9 Å². The molecule has 0 unspecified atom stereocenters. The topological polar surface area (TPSA) is 240 Å². The van der Waals surface area contributed by atoms with E-state index in [0.717, 1.165) is 57.6 Å². The Morgan fingerprint density at radius 1 is 0.243 bits per heavy atom. The average Bonchev–Trinajstić information content (AvgIpc) is 1.63. The fraction of sp³-hybridized carbons (Fsp3) is 0.675. The normalized spacial score (nSPS) is 25.9. The Balaban J connectivity index is 0.000000124. The second kappa shape index (κ2) is 40.7. The van der Waals surface area contributed by atoms with Gasteiger partial charge < -0.3 is 44.9 Å². The molecular formula is C123H192N16O. The number of piperidine rings is 7. The summed E-state index contributed by atoms with van der Waals surface area (Å²) in [6, 6.07) is 41.8. The summed E-state index contributed by atoms with van der Waals surface area (Å²) in [6.45, 7) is 75.8. The molecule has 17 heteroatoms. The minimum atomic E-state index is 0.0946. The summed E-state index contributed by atoms with van der Waals surface area (Å²) in [7, 11) is 1.68. The third-order valence-corrected chi connectivity index (χ3v) is 38.3. The molecule has 770 valence electrons. The molecule has 7 saturated heterocycles. The van der Waals surface area contributed by atoms with Crippen LogP contribution in [0, 0.1) is 72.5 Å². The molecule has 0 amide bonds. The lowest BCUT2D eigenvalue weighted by Gasteiger charge is -2.47. The van der Waals surface area contributed by atoms with Crippen LogP contribution in [0.15, 0.2) is 122 Å². The molecule has 7 spiro atoms. The van der Waals surface area contributed by atoms with Gasteiger partial charge in [0.15, 0.2) is 0 Å². The largest absolute Gasteiger partial charge is 0.495 e. The van der Waals surface area contributed by atoms with Crippen molar-refractivity contribution in [2.24, 2.45) is 78.0 Å². The highest BCUT2D eigenvalue weighted by Crippen LogP contribution is 2.59. The maximum atomic E-state index is 6.66. The Morgan fingerprint density at radius 3 is 0.707 bits per heavy atom. The maximum absolute atomic E-state index is 6.66. The van der Waals surface area contributed by atoms with Gasteiger partial charge in [0.2, 0.25) is 0 Å². The zero-order chi connectivity index (χ0) is 102. The van der Waals surface area contributed by atoms with E-state index < -0.39 is 0 Å². The summed E-state index contributed by atoms with van der Waals surface area (Å²) in [5.74, 6) is 0.813. The number of methoxy groups -OCH3 is 1. The van der Waals surface area contributed by atoms with E-state index in [0.29, 0.717) is 27.1 Å². The molecule has 140 heavy (non-hydrogen) atoms. The minimum absolute atomic E-state index is 0.0946. The standard InChI is InChI=1S/5C18H28N2.C17H27N3O.C16H25N3/c4*1-13-5-6-15-14(11-13)12-18(16(15)19)7-9-20(10-8-18)17(2,3)4;1-13-5-6-14-12-18(16(19)15(14)11-13)7-9-20(10-8-18)17(2,3)4;1-16(2,3)20-7-5-17(6-8-20)10-14-13(15(17)18)9-12(21-4)11-19-14;1-15(2,3)19-9-6-16(7-10-19)11-13-12(14(16)17)5-4-8-18-13/h5*5-6,11,16H,7-10,12,19H2,1-4H3;9,11,15H,5-8,10,18H2,1-4H3;4-5,8,14H,6-7,9-11,17H2,1-3H3/t5*16-;15-;14-/m1100100/s1. The van der Waals surface area contributed by atoms with Gasteiger partial charge in [-0.15, -0.1) is 0 Å². The lowest BCUT2D eigenvalue weighted by atomic mass is 9.72. The fourth-order valence-corrected chi connectivity index (χ4v) is 28.2. The van der Waals surface area contributed by atoms with Crippen molar-refractivity contribution in [2.75, 3.05) is 98.7 Å². The summed E-state index contributed by atoms with van der Waals surface area (Å²) in [5, 5.41) is 0. The number of benzene rings is 5. The zero-order valence-electron chi connectivity index (χ0n) is 92.8. The van der Waals surface area contributed by atoms with Crippen molar-refractivity contribution in [3.8, 4) is 5.75 Å². The molecule has 17 nitrogen and oxygen atoms in total. The fourth-order valence-electron chi connectivity index (χ4n) is 28.2. The molecule has 7 aliphatic carbocycles. The van der Waals surface area contributed by atoms with Crippen LogP contribution in [0.3, 0.4) is 0 Å². The van der Waals surface area contributed by atoms with E-state index in [4.69, 9.17) is 44.9 Å². The van der Waals surface area contributed by atoms with Crippen molar-refractivity contribution < 1.29 is 4.74 Å². The van der Waals surface area contributed by atoms with Crippen molar-refractivity contribution >= 4 is 0 Å². The molecule has 7 aliphatic heterocycles. The Kier molecular flexibility index (Phi) is 31.4. The van der Waals surface area contributed by atoms with Crippen molar-refractivity contribution in [1.29, 1.82) is 0 Å². The molecule has 14 N–H and O–H groups in total. The van der Waals surface area contributed by atoms with Gasteiger partial charge in [-0.1, -0.05) is 125 Å². The van der Waals surface area contributed by atoms with Gasteiger partial charge in [0.05, 0.1) is 13.3 Å². The third kappa shape index (κ3) is 22.6. The van der Waals surface area contributed by atoms with Crippen LogP contribution in [0.25, 0.3) is 0 Å². The number of aryl methyl sites for hydroxylation is 5. The van der Waals surface area contributed by atoms with Crippen molar-refractivity contribution in [3.63, 3.8) is 0 Å². The second-order valence-electron chi connectivity index (χ2n) is 54.2. The number of aromatic nitrogens is 2. The molecule has 0 bridgehead atoms. The monoisotopic (exact) mass is 1910 g/mol. The number of rotatable bonds is 1. The smallest absolute Gasteiger partial charge is 0.137 e. The maximum Gasteiger partial charge on any atom is 0.137 e. The van der Waals surface area contributed by atoms with Crippen molar-refractivity contribution in [3.05, 3.63) is 228 Å². The molecule has 7 fully saturated rings. The van der Waals surface area contributed by atoms with Crippen molar-refractivity contribution in [2.45, 2.75) is 396 Å². The van der Waals surface area contributed by atoms with Gasteiger partial charge in [0.1, 0.15) is 5.75 Å². The van der Waals surface area contributed by atoms with Gasteiger partial charge in [-0.25, -0.2) is 0 Å². The van der Waals surface area contributed by atoms with E-state index in [2.05, 4.69) is 327 Å². The summed E-state index contributed by atoms with van der Waals surface area (Å²) < 4.78 is 5.30. The van der Waals surface area contributed by atoms with Gasteiger partial charge in [0.25, 0.3) is 0 Å². The molecule has 5 aromatic carbocycles. The average molecular weight is 1910 g/mol. The number of hydrogen-bond acceptors (Lipinski definition) is 17. The Hall–Kier alpha value is -6.36. The van der Waals surface area contributed by atoms with Gasteiger partial charge in [0, 0.05) is 98.7 Å². The van der Waals surface area contributed by atoms with E-state index in [9.17, 15) is 0 Å². The Bertz CT molecular complexity index is 4950. The molecule has 9 heterocycles. The number of likely N-dealkylation sites (tertiary alicyclic amines) is 7. The zero-order valence-corrected chi connectivity index (χ0v) is 92.8. The lowest BCUT2D eigenvalue weighted by molar-refractivity contribution is 0.0342. The van der Waals surface area contributed by atoms with Crippen molar-refractivity contribution in [1.82, 2.24) is 44.3 Å². The van der Waals surface area contributed by atoms with Crippen LogP contribution in [0.5, 0.6) is 5.75 Å². The number of fused-ring (bicyclic) bond motifs is 7. The summed E-state index contributed by atoms with van der Waals surface area (Å²) in [5.41, 5.74) is 76.6. The SMILES string of the molecule is CC(C)(C)N1CCC2(CC1)Cc1ncccc1[C@@H]2N.COc1cnc2c(c1)[C@H](N)C1(CCN(C(C)(C)C)CC1)C2.Cc1ccc2c(c1)CC1(CCN(C(C)(C)C)CC1)[C@@H]2N.Cc1ccc2c(c1)CC1(CCN(C(C)(C)C)CC1)[C@@H]2N.Cc1ccc2c(c1)CC1(CCN(C(C)(C)C)CC1)[C@H]2N.Cc1ccc2c(c1)CC1(CCN(C(C)(C)C)CC1)[C@H]2N.Cc1ccc2c(c1)[C@@H](N)C1(CCN(C(C)(C)C)CC1)C2. The van der Waals surface area contributed by atoms with E-state index in [1.165, 1.54) is 281 Å². The predicted octanol–water partition coefficient (Wildman–Crippen LogP) is 22.2. The Labute approximate surface area is 849 Å². The van der Waals surface area contributed by atoms with Crippen LogP contribution in [0.1, 0.15) is 384 Å². The second-order valence-corrected chi connectivity index (χ2v) is 54.2.